The molecule has 2 aliphatic heterocycles. The molecule has 174 valence electrons. The van der Waals surface area contributed by atoms with Gasteiger partial charge < -0.3 is 15.0 Å². The number of benzene rings is 1. The molecule has 2 heterocycles. The van der Waals surface area contributed by atoms with Gasteiger partial charge in [-0.15, -0.1) is 0 Å². The Hall–Kier alpha value is -1.64. The second kappa shape index (κ2) is 11.3. The van der Waals surface area contributed by atoms with E-state index in [-0.39, 0.29) is 16.8 Å². The van der Waals surface area contributed by atoms with Gasteiger partial charge in [-0.05, 0) is 44.4 Å². The monoisotopic (exact) mass is 451 g/mol. The lowest BCUT2D eigenvalue weighted by Crippen LogP contribution is -2.39. The lowest BCUT2D eigenvalue weighted by molar-refractivity contribution is 0.0936. The highest BCUT2D eigenvalue weighted by molar-refractivity contribution is 7.89. The molecule has 1 N–H and O–H groups in total. The van der Waals surface area contributed by atoms with Crippen molar-refractivity contribution in [3.8, 4) is 0 Å². The lowest BCUT2D eigenvalue weighted by Gasteiger charge is -2.31. The number of nitrogens with one attached hydrogen (secondary N) is 1. The standard InChI is InChI=1S/C23H37N3O4S/c1-3-4-6-9-19(2)24-23(27)21-18-20(31(28,29)26-12-7-5-8-13-26)10-11-22(21)25-14-16-30-17-15-25/h10-11,18-19H,3-9,12-17H2,1-2H3,(H,24,27)/t19-/m1/s1. The van der Waals surface area contributed by atoms with Crippen molar-refractivity contribution < 1.29 is 17.9 Å². The predicted octanol–water partition coefficient (Wildman–Crippen LogP) is 3.40. The molecule has 31 heavy (non-hydrogen) atoms. The molecular weight excluding hydrogens is 414 g/mol. The summed E-state index contributed by atoms with van der Waals surface area (Å²) in [5.41, 5.74) is 1.21. The summed E-state index contributed by atoms with van der Waals surface area (Å²) < 4.78 is 33.4. The molecule has 0 bridgehead atoms. The van der Waals surface area contributed by atoms with Crippen LogP contribution in [0.1, 0.15) is 69.2 Å². The van der Waals surface area contributed by atoms with Crippen molar-refractivity contribution >= 4 is 21.6 Å². The number of ether oxygens (including phenoxy) is 1. The Balaban J connectivity index is 1.87. The number of unbranched alkanes of at least 4 members (excludes halogenated alkanes) is 2. The molecule has 7 nitrogen and oxygen atoms in total. The molecule has 2 fully saturated rings. The van der Waals surface area contributed by atoms with Gasteiger partial charge in [0.05, 0.1) is 23.7 Å². The summed E-state index contributed by atoms with van der Waals surface area (Å²) in [4.78, 5) is 15.5. The molecule has 0 radical (unpaired) electrons. The van der Waals surface area contributed by atoms with Crippen LogP contribution in [0.25, 0.3) is 0 Å². The van der Waals surface area contributed by atoms with Crippen LogP contribution in [0.2, 0.25) is 0 Å². The van der Waals surface area contributed by atoms with Crippen LogP contribution in [0.15, 0.2) is 23.1 Å². The number of piperidine rings is 1. The summed E-state index contributed by atoms with van der Waals surface area (Å²) in [7, 11) is -3.60. The highest BCUT2D eigenvalue weighted by atomic mass is 32.2. The number of hydrogen-bond donors (Lipinski definition) is 1. The van der Waals surface area contributed by atoms with Crippen molar-refractivity contribution in [3.05, 3.63) is 23.8 Å². The number of nitrogens with zero attached hydrogens (tertiary/aromatic N) is 2. The minimum atomic E-state index is -3.60. The Morgan fingerprint density at radius 3 is 2.48 bits per heavy atom. The first kappa shape index (κ1) is 24.0. The van der Waals surface area contributed by atoms with Crippen LogP contribution >= 0.6 is 0 Å². The smallest absolute Gasteiger partial charge is 0.253 e. The molecule has 3 rings (SSSR count). The molecule has 8 heteroatoms. The Labute approximate surface area is 187 Å². The van der Waals surface area contributed by atoms with Crippen LogP contribution in [0.4, 0.5) is 5.69 Å². The minimum absolute atomic E-state index is 0.0407. The number of carbonyl (C=O) groups is 1. The van der Waals surface area contributed by atoms with Crippen molar-refractivity contribution in [1.82, 2.24) is 9.62 Å². The van der Waals surface area contributed by atoms with Crippen molar-refractivity contribution in [1.29, 1.82) is 0 Å². The first-order valence-corrected chi connectivity index (χ1v) is 13.1. The lowest BCUT2D eigenvalue weighted by atomic mass is 10.1. The number of rotatable bonds is 9. The van der Waals surface area contributed by atoms with Gasteiger partial charge in [-0.25, -0.2) is 8.42 Å². The molecular formula is C23H37N3O4S. The number of carbonyl (C=O) groups excluding carboxylic acids is 1. The average molecular weight is 452 g/mol. The van der Waals surface area contributed by atoms with Gasteiger partial charge in [0, 0.05) is 37.9 Å². The third-order valence-corrected chi connectivity index (χ3v) is 8.03. The van der Waals surface area contributed by atoms with Crippen LogP contribution in [0.5, 0.6) is 0 Å². The van der Waals surface area contributed by atoms with E-state index in [9.17, 15) is 13.2 Å². The van der Waals surface area contributed by atoms with E-state index in [1.807, 2.05) is 6.92 Å². The quantitative estimate of drug-likeness (QED) is 0.582. The molecule has 1 amide bonds. The highest BCUT2D eigenvalue weighted by Crippen LogP contribution is 2.28. The summed E-state index contributed by atoms with van der Waals surface area (Å²) >= 11 is 0. The maximum Gasteiger partial charge on any atom is 0.253 e. The van der Waals surface area contributed by atoms with E-state index < -0.39 is 10.0 Å². The molecule has 0 saturated carbocycles. The van der Waals surface area contributed by atoms with Gasteiger partial charge >= 0.3 is 0 Å². The number of hydrogen-bond acceptors (Lipinski definition) is 5. The van der Waals surface area contributed by atoms with E-state index in [2.05, 4.69) is 17.1 Å². The Kier molecular flexibility index (Phi) is 8.75. The van der Waals surface area contributed by atoms with Crippen LogP contribution in [0, 0.1) is 0 Å². The summed E-state index contributed by atoms with van der Waals surface area (Å²) in [6.07, 6.45) is 7.09. The first-order valence-electron chi connectivity index (χ1n) is 11.7. The highest BCUT2D eigenvalue weighted by Gasteiger charge is 2.28. The second-order valence-electron chi connectivity index (χ2n) is 8.61. The third-order valence-electron chi connectivity index (χ3n) is 6.14. The molecule has 1 aromatic carbocycles. The van der Waals surface area contributed by atoms with Crippen LogP contribution in [-0.4, -0.2) is 64.1 Å². The zero-order valence-corrected chi connectivity index (χ0v) is 19.8. The van der Waals surface area contributed by atoms with E-state index in [4.69, 9.17) is 4.74 Å². The molecule has 0 aliphatic carbocycles. The number of morpholine rings is 1. The Morgan fingerprint density at radius 1 is 1.10 bits per heavy atom. The summed E-state index contributed by atoms with van der Waals surface area (Å²) in [5, 5.41) is 3.09. The number of anilines is 1. The predicted molar refractivity (Wildman–Crippen MR) is 123 cm³/mol. The molecule has 2 aliphatic rings. The first-order chi connectivity index (χ1) is 14.9. The van der Waals surface area contributed by atoms with Crippen molar-refractivity contribution in [2.75, 3.05) is 44.3 Å². The summed E-state index contributed by atoms with van der Waals surface area (Å²) in [6, 6.07) is 5.05. The van der Waals surface area contributed by atoms with Crippen molar-refractivity contribution in [2.24, 2.45) is 0 Å². The summed E-state index contributed by atoms with van der Waals surface area (Å²) in [6.45, 7) is 7.83. The van der Waals surface area contributed by atoms with Gasteiger partial charge in [0.2, 0.25) is 10.0 Å². The second-order valence-corrected chi connectivity index (χ2v) is 10.6. The maximum absolute atomic E-state index is 13.2. The molecule has 1 atom stereocenters. The maximum atomic E-state index is 13.2. The van der Waals surface area contributed by atoms with Crippen molar-refractivity contribution in [2.45, 2.75) is 69.7 Å². The van der Waals surface area contributed by atoms with E-state index in [0.717, 1.165) is 50.6 Å². The largest absolute Gasteiger partial charge is 0.378 e. The van der Waals surface area contributed by atoms with Gasteiger partial charge in [-0.3, -0.25) is 4.79 Å². The fraction of sp³-hybridized carbons (Fsp3) is 0.696. The van der Waals surface area contributed by atoms with Crippen LogP contribution < -0.4 is 10.2 Å². The SMILES string of the molecule is CCCCC[C@@H](C)NC(=O)c1cc(S(=O)(=O)N2CCCCC2)ccc1N1CCOCC1. The van der Waals surface area contributed by atoms with Crippen LogP contribution in [-0.2, 0) is 14.8 Å². The van der Waals surface area contributed by atoms with E-state index in [1.165, 1.54) is 0 Å². The fourth-order valence-corrected chi connectivity index (χ4v) is 5.81. The van der Waals surface area contributed by atoms with E-state index in [0.29, 0.717) is 45.0 Å². The Bertz CT molecular complexity index is 831. The topological polar surface area (TPSA) is 79.0 Å². The average Bonchev–Trinajstić information content (AvgIpc) is 2.80. The van der Waals surface area contributed by atoms with E-state index in [1.54, 1.807) is 22.5 Å². The minimum Gasteiger partial charge on any atom is -0.378 e. The molecule has 0 spiro atoms. The van der Waals surface area contributed by atoms with Gasteiger partial charge in [0.1, 0.15) is 0 Å². The van der Waals surface area contributed by atoms with Gasteiger partial charge in [0.25, 0.3) is 5.91 Å². The third kappa shape index (κ3) is 6.20. The number of amides is 1. The zero-order valence-electron chi connectivity index (χ0n) is 18.9. The molecule has 0 aromatic heterocycles. The molecule has 0 unspecified atom stereocenters. The molecule has 2 saturated heterocycles. The van der Waals surface area contributed by atoms with Crippen LogP contribution in [0.3, 0.4) is 0 Å². The van der Waals surface area contributed by atoms with Crippen molar-refractivity contribution in [3.63, 3.8) is 0 Å². The fourth-order valence-electron chi connectivity index (χ4n) is 4.27. The van der Waals surface area contributed by atoms with Gasteiger partial charge in [-0.1, -0.05) is 32.6 Å². The normalized spacial score (nSPS) is 19.2. The van der Waals surface area contributed by atoms with Gasteiger partial charge in [0.15, 0.2) is 0 Å². The molecule has 1 aromatic rings. The summed E-state index contributed by atoms with van der Waals surface area (Å²) in [5.74, 6) is -0.207. The Morgan fingerprint density at radius 2 is 1.81 bits per heavy atom. The van der Waals surface area contributed by atoms with E-state index >= 15 is 0 Å². The number of sulfonamides is 1. The van der Waals surface area contributed by atoms with Gasteiger partial charge in [-0.2, -0.15) is 4.31 Å². The zero-order chi connectivity index (χ0) is 22.3.